The fraction of sp³-hybridized carbons (Fsp3) is 0.667. The van der Waals surface area contributed by atoms with Gasteiger partial charge in [0.2, 0.25) is 5.95 Å². The van der Waals surface area contributed by atoms with Crippen LogP contribution >= 0.6 is 0 Å². The van der Waals surface area contributed by atoms with Gasteiger partial charge in [0.25, 0.3) is 0 Å². The Morgan fingerprint density at radius 2 is 1.91 bits per heavy atom. The lowest BCUT2D eigenvalue weighted by Gasteiger charge is -2.18. The molecule has 0 amide bonds. The molecule has 1 unspecified atom stereocenters. The fourth-order valence-corrected chi connectivity index (χ4v) is 2.98. The molecule has 0 aliphatic rings. The predicted molar refractivity (Wildman–Crippen MR) is 95.1 cm³/mol. The van der Waals surface area contributed by atoms with Crippen molar-refractivity contribution in [3.63, 3.8) is 0 Å². The monoisotopic (exact) mass is 318 g/mol. The summed E-state index contributed by atoms with van der Waals surface area (Å²) in [6, 6.07) is 2.07. The van der Waals surface area contributed by atoms with Crippen LogP contribution in [0.2, 0.25) is 0 Å². The lowest BCUT2D eigenvalue weighted by Crippen LogP contribution is -2.27. The van der Waals surface area contributed by atoms with Crippen molar-refractivity contribution in [2.24, 2.45) is 5.92 Å². The third-order valence-electron chi connectivity index (χ3n) is 3.93. The molecule has 0 spiro atoms. The number of hydrogen-bond acceptors (Lipinski definition) is 4. The van der Waals surface area contributed by atoms with Crippen LogP contribution in [0, 0.1) is 19.8 Å². The summed E-state index contributed by atoms with van der Waals surface area (Å²) in [5, 5.41) is 17.7. The second-order valence-electron chi connectivity index (χ2n) is 7.92. The summed E-state index contributed by atoms with van der Waals surface area (Å²) >= 11 is 0. The van der Waals surface area contributed by atoms with Crippen LogP contribution in [0.4, 0.5) is 5.95 Å². The van der Waals surface area contributed by atoms with Gasteiger partial charge in [-0.1, -0.05) is 34.6 Å². The van der Waals surface area contributed by atoms with Crippen LogP contribution in [-0.4, -0.2) is 32.4 Å². The molecule has 2 N–H and O–H groups in total. The minimum Gasteiger partial charge on any atom is -0.394 e. The van der Waals surface area contributed by atoms with Crippen LogP contribution in [0.1, 0.15) is 58.0 Å². The van der Waals surface area contributed by atoms with Crippen molar-refractivity contribution in [2.75, 3.05) is 11.9 Å². The van der Waals surface area contributed by atoms with Gasteiger partial charge in [-0.05, 0) is 37.8 Å². The van der Waals surface area contributed by atoms with Gasteiger partial charge in [-0.25, -0.2) is 4.98 Å². The topological polar surface area (TPSA) is 62.5 Å². The molecule has 5 heteroatoms. The first-order valence-electron chi connectivity index (χ1n) is 8.38. The second-order valence-corrected chi connectivity index (χ2v) is 7.92. The lowest BCUT2D eigenvalue weighted by atomic mass is 9.90. The van der Waals surface area contributed by atoms with Crippen LogP contribution in [0.15, 0.2) is 6.07 Å². The van der Waals surface area contributed by atoms with Gasteiger partial charge < -0.3 is 10.4 Å². The van der Waals surface area contributed by atoms with E-state index in [0.29, 0.717) is 5.92 Å². The number of aryl methyl sites for hydroxylation is 2. The van der Waals surface area contributed by atoms with Gasteiger partial charge in [0, 0.05) is 5.41 Å². The van der Waals surface area contributed by atoms with Gasteiger partial charge >= 0.3 is 0 Å². The molecule has 0 saturated heterocycles. The smallest absolute Gasteiger partial charge is 0.225 e. The minimum atomic E-state index is -0.0698. The maximum absolute atomic E-state index is 9.66. The quantitative estimate of drug-likeness (QED) is 0.886. The zero-order valence-corrected chi connectivity index (χ0v) is 15.4. The van der Waals surface area contributed by atoms with Crippen molar-refractivity contribution in [1.82, 2.24) is 14.6 Å². The van der Waals surface area contributed by atoms with Crippen molar-refractivity contribution < 1.29 is 5.11 Å². The number of aliphatic hydroxyl groups is 1. The molecule has 23 heavy (non-hydrogen) atoms. The average Bonchev–Trinajstić information content (AvgIpc) is 2.76. The molecular formula is C18H30N4O. The molecule has 2 aromatic rings. The Hall–Kier alpha value is -1.62. The van der Waals surface area contributed by atoms with Gasteiger partial charge in [0.05, 0.1) is 29.6 Å². The number of nitrogens with one attached hydrogen (secondary N) is 1. The average molecular weight is 318 g/mol. The second kappa shape index (κ2) is 6.48. The van der Waals surface area contributed by atoms with E-state index >= 15 is 0 Å². The van der Waals surface area contributed by atoms with Crippen molar-refractivity contribution >= 4 is 11.5 Å². The van der Waals surface area contributed by atoms with E-state index in [1.807, 2.05) is 11.4 Å². The third kappa shape index (κ3) is 3.83. The van der Waals surface area contributed by atoms with Crippen molar-refractivity contribution in [1.29, 1.82) is 0 Å². The molecule has 128 valence electrons. The zero-order valence-electron chi connectivity index (χ0n) is 15.4. The fourth-order valence-electron chi connectivity index (χ4n) is 2.98. The summed E-state index contributed by atoms with van der Waals surface area (Å²) in [5.74, 6) is 1.22. The zero-order chi connectivity index (χ0) is 17.4. The number of nitrogens with zero attached hydrogens (tertiary/aromatic N) is 3. The number of rotatable bonds is 5. The van der Waals surface area contributed by atoms with E-state index in [9.17, 15) is 5.11 Å². The summed E-state index contributed by atoms with van der Waals surface area (Å²) in [7, 11) is 0. The Labute approximate surface area is 139 Å². The van der Waals surface area contributed by atoms with Gasteiger partial charge in [-0.15, -0.1) is 0 Å². The Balaban J connectivity index is 2.55. The molecule has 5 nitrogen and oxygen atoms in total. The van der Waals surface area contributed by atoms with Gasteiger partial charge in [0.1, 0.15) is 0 Å². The molecule has 0 aliphatic carbocycles. The highest BCUT2D eigenvalue weighted by atomic mass is 16.3. The van der Waals surface area contributed by atoms with Crippen LogP contribution in [0.3, 0.4) is 0 Å². The molecule has 2 aromatic heterocycles. The summed E-state index contributed by atoms with van der Waals surface area (Å²) in [5.41, 5.74) is 4.16. The van der Waals surface area contributed by atoms with E-state index < -0.39 is 0 Å². The van der Waals surface area contributed by atoms with E-state index in [2.05, 4.69) is 58.0 Å². The molecule has 2 rings (SSSR count). The van der Waals surface area contributed by atoms with Gasteiger partial charge in [-0.3, -0.25) is 0 Å². The Bertz CT molecular complexity index is 682. The first-order chi connectivity index (χ1) is 10.6. The molecule has 0 saturated carbocycles. The highest BCUT2D eigenvalue weighted by Gasteiger charge is 2.25. The van der Waals surface area contributed by atoms with Crippen molar-refractivity contribution in [2.45, 2.75) is 66.3 Å². The molecule has 0 aliphatic heterocycles. The maximum atomic E-state index is 9.66. The molecule has 0 aromatic carbocycles. The molecule has 1 atom stereocenters. The van der Waals surface area contributed by atoms with E-state index in [1.165, 1.54) is 5.56 Å². The first kappa shape index (κ1) is 17.7. The summed E-state index contributed by atoms with van der Waals surface area (Å²) in [4.78, 5) is 4.84. The Morgan fingerprint density at radius 3 is 2.43 bits per heavy atom. The summed E-state index contributed by atoms with van der Waals surface area (Å²) in [6.07, 6.45) is 0.890. The van der Waals surface area contributed by atoms with E-state index in [-0.39, 0.29) is 18.1 Å². The van der Waals surface area contributed by atoms with E-state index in [4.69, 9.17) is 4.98 Å². The Morgan fingerprint density at radius 1 is 1.26 bits per heavy atom. The highest BCUT2D eigenvalue weighted by molar-refractivity contribution is 5.64. The number of aliphatic hydroxyl groups excluding tert-OH is 1. The molecule has 0 bridgehead atoms. The number of fused-ring (bicyclic) bond motifs is 1. The molecule has 2 heterocycles. The SMILES string of the molecule is Cc1cc(C)c2c(C(C)(C)C)nc(NC(CO)CC(C)C)n2n1. The van der Waals surface area contributed by atoms with Gasteiger partial charge in [-0.2, -0.15) is 9.61 Å². The van der Waals surface area contributed by atoms with E-state index in [0.717, 1.165) is 29.3 Å². The predicted octanol–water partition coefficient (Wildman–Crippen LogP) is 3.46. The largest absolute Gasteiger partial charge is 0.394 e. The maximum Gasteiger partial charge on any atom is 0.225 e. The number of aromatic nitrogens is 3. The minimum absolute atomic E-state index is 0.0176. The highest BCUT2D eigenvalue weighted by Crippen LogP contribution is 2.30. The van der Waals surface area contributed by atoms with Crippen molar-refractivity contribution in [3.8, 4) is 0 Å². The van der Waals surface area contributed by atoms with Crippen molar-refractivity contribution in [3.05, 3.63) is 23.0 Å². The number of imidazole rings is 1. The summed E-state index contributed by atoms with van der Waals surface area (Å²) < 4.78 is 1.90. The number of anilines is 1. The summed E-state index contributed by atoms with van der Waals surface area (Å²) in [6.45, 7) is 15.0. The first-order valence-corrected chi connectivity index (χ1v) is 8.38. The molecule has 0 radical (unpaired) electrons. The molecular weight excluding hydrogens is 288 g/mol. The lowest BCUT2D eigenvalue weighted by molar-refractivity contribution is 0.258. The number of hydrogen-bond donors (Lipinski definition) is 2. The van der Waals surface area contributed by atoms with Crippen LogP contribution in [-0.2, 0) is 5.41 Å². The Kier molecular flexibility index (Phi) is 4.99. The van der Waals surface area contributed by atoms with Crippen LogP contribution < -0.4 is 5.32 Å². The van der Waals surface area contributed by atoms with Crippen LogP contribution in [0.5, 0.6) is 0 Å². The molecule has 0 fully saturated rings. The normalized spacial score (nSPS) is 13.8. The van der Waals surface area contributed by atoms with Crippen LogP contribution in [0.25, 0.3) is 5.52 Å². The third-order valence-corrected chi connectivity index (χ3v) is 3.93. The van der Waals surface area contributed by atoms with Gasteiger partial charge in [0.15, 0.2) is 0 Å². The standard InChI is InChI=1S/C18H30N4O/c1-11(2)8-14(10-23)19-17-20-16(18(5,6)7)15-12(3)9-13(4)21-22(15)17/h9,11,14,23H,8,10H2,1-7H3,(H,19,20). The van der Waals surface area contributed by atoms with E-state index in [1.54, 1.807) is 0 Å².